The Morgan fingerprint density at radius 2 is 2.29 bits per heavy atom. The van der Waals surface area contributed by atoms with E-state index >= 15 is 0 Å². The van der Waals surface area contributed by atoms with Crippen LogP contribution in [0, 0.1) is 0 Å². The van der Waals surface area contributed by atoms with Gasteiger partial charge in [0.05, 0.1) is 12.2 Å². The highest BCUT2D eigenvalue weighted by molar-refractivity contribution is 5.99. The highest BCUT2D eigenvalue weighted by Crippen LogP contribution is 2.35. The van der Waals surface area contributed by atoms with E-state index < -0.39 is 0 Å². The molecule has 1 aromatic rings. The van der Waals surface area contributed by atoms with E-state index in [9.17, 15) is 4.79 Å². The number of ether oxygens (including phenoxy) is 2. The van der Waals surface area contributed by atoms with Crippen molar-refractivity contribution in [2.75, 3.05) is 26.8 Å². The Morgan fingerprint density at radius 1 is 1.48 bits per heavy atom. The van der Waals surface area contributed by atoms with Crippen LogP contribution in [0.3, 0.4) is 0 Å². The molecule has 2 N–H and O–H groups in total. The molecule has 0 spiro atoms. The van der Waals surface area contributed by atoms with Crippen molar-refractivity contribution in [1.82, 2.24) is 10.6 Å². The van der Waals surface area contributed by atoms with Crippen molar-refractivity contribution >= 4 is 12.0 Å². The number of benzene rings is 1. The third-order valence-corrected chi connectivity index (χ3v) is 3.36. The summed E-state index contributed by atoms with van der Waals surface area (Å²) in [5.74, 6) is 1.33. The van der Waals surface area contributed by atoms with Gasteiger partial charge < -0.3 is 20.1 Å². The largest absolute Gasteiger partial charge is 0.490 e. The zero-order valence-corrected chi connectivity index (χ0v) is 12.7. The van der Waals surface area contributed by atoms with Crippen LogP contribution in [0.25, 0.3) is 6.08 Å². The van der Waals surface area contributed by atoms with Gasteiger partial charge in [-0.05, 0) is 33.0 Å². The smallest absolute Gasteiger partial charge is 0.250 e. The molecular formula is C16H22N2O3. The van der Waals surface area contributed by atoms with Crippen molar-refractivity contribution < 1.29 is 14.3 Å². The molecule has 0 saturated carbocycles. The topological polar surface area (TPSA) is 59.6 Å². The molecule has 1 aromatic carbocycles. The third kappa shape index (κ3) is 3.76. The van der Waals surface area contributed by atoms with Gasteiger partial charge in [-0.15, -0.1) is 0 Å². The molecule has 0 radical (unpaired) electrons. The molecule has 1 amide bonds. The van der Waals surface area contributed by atoms with E-state index in [1.165, 1.54) is 0 Å². The van der Waals surface area contributed by atoms with E-state index in [1.54, 1.807) is 0 Å². The summed E-state index contributed by atoms with van der Waals surface area (Å²) in [7, 11) is 1.87. The molecule has 21 heavy (non-hydrogen) atoms. The van der Waals surface area contributed by atoms with E-state index in [1.807, 2.05) is 45.2 Å². The predicted molar refractivity (Wildman–Crippen MR) is 82.6 cm³/mol. The zero-order valence-electron chi connectivity index (χ0n) is 12.7. The number of carbonyl (C=O) groups excluding carboxylic acids is 1. The summed E-state index contributed by atoms with van der Waals surface area (Å²) in [6.07, 6.45) is 1.86. The van der Waals surface area contributed by atoms with E-state index in [0.29, 0.717) is 24.5 Å². The number of carbonyl (C=O) groups is 1. The van der Waals surface area contributed by atoms with Gasteiger partial charge in [-0.25, -0.2) is 0 Å². The monoisotopic (exact) mass is 290 g/mol. The number of fused-ring (bicyclic) bond motifs is 1. The summed E-state index contributed by atoms with van der Waals surface area (Å²) in [6.45, 7) is 5.36. The average Bonchev–Trinajstić information content (AvgIpc) is 2.52. The van der Waals surface area contributed by atoms with Gasteiger partial charge in [-0.1, -0.05) is 12.1 Å². The average molecular weight is 290 g/mol. The van der Waals surface area contributed by atoms with Crippen LogP contribution >= 0.6 is 0 Å². The van der Waals surface area contributed by atoms with Crippen molar-refractivity contribution in [3.8, 4) is 11.5 Å². The Kier molecular flexibility index (Phi) is 5.22. The van der Waals surface area contributed by atoms with Gasteiger partial charge in [0, 0.05) is 18.2 Å². The van der Waals surface area contributed by atoms with Crippen LogP contribution in [0.15, 0.2) is 23.8 Å². The lowest BCUT2D eigenvalue weighted by Crippen LogP contribution is -2.38. The van der Waals surface area contributed by atoms with Crippen molar-refractivity contribution in [2.24, 2.45) is 0 Å². The second kappa shape index (κ2) is 7.13. The van der Waals surface area contributed by atoms with Gasteiger partial charge >= 0.3 is 0 Å². The second-order valence-corrected chi connectivity index (χ2v) is 4.97. The Morgan fingerprint density at radius 3 is 3.00 bits per heavy atom. The molecule has 0 aromatic heterocycles. The summed E-state index contributed by atoms with van der Waals surface area (Å²) in [5, 5.41) is 5.97. The van der Waals surface area contributed by atoms with E-state index in [-0.39, 0.29) is 18.6 Å². The normalized spacial score (nSPS) is 14.5. The van der Waals surface area contributed by atoms with Crippen LogP contribution in [-0.2, 0) is 4.79 Å². The zero-order chi connectivity index (χ0) is 15.2. The van der Waals surface area contributed by atoms with Crippen molar-refractivity contribution in [3.63, 3.8) is 0 Å². The molecule has 0 bridgehead atoms. The lowest BCUT2D eigenvalue weighted by atomic mass is 10.1. The number of hydrogen-bond donors (Lipinski definition) is 2. The Balaban J connectivity index is 2.11. The molecule has 5 heteroatoms. The SMILES string of the molecule is CCOc1cccc2c1OCC(C(=O)NCC(C)NC)=C2. The summed E-state index contributed by atoms with van der Waals surface area (Å²) in [6, 6.07) is 5.92. The minimum Gasteiger partial charge on any atom is -0.490 e. The minimum absolute atomic E-state index is 0.0930. The summed E-state index contributed by atoms with van der Waals surface area (Å²) < 4.78 is 11.2. The number of likely N-dealkylation sites (N-methyl/N-ethyl adjacent to an activating group) is 1. The van der Waals surface area contributed by atoms with E-state index in [4.69, 9.17) is 9.47 Å². The highest BCUT2D eigenvalue weighted by Gasteiger charge is 2.20. The quantitative estimate of drug-likeness (QED) is 0.835. The lowest BCUT2D eigenvalue weighted by Gasteiger charge is -2.20. The first-order valence-corrected chi connectivity index (χ1v) is 7.20. The molecule has 114 valence electrons. The molecular weight excluding hydrogens is 268 g/mol. The number of amides is 1. The van der Waals surface area contributed by atoms with Crippen LogP contribution in [0.2, 0.25) is 0 Å². The highest BCUT2D eigenvalue weighted by atomic mass is 16.5. The van der Waals surface area contributed by atoms with Gasteiger partial charge in [0.15, 0.2) is 11.5 Å². The number of nitrogens with one attached hydrogen (secondary N) is 2. The molecule has 1 unspecified atom stereocenters. The molecule has 1 aliphatic rings. The number of para-hydroxylation sites is 1. The lowest BCUT2D eigenvalue weighted by molar-refractivity contribution is -0.117. The van der Waals surface area contributed by atoms with Crippen molar-refractivity contribution in [3.05, 3.63) is 29.3 Å². The van der Waals surface area contributed by atoms with E-state index in [2.05, 4.69) is 10.6 Å². The van der Waals surface area contributed by atoms with Crippen LogP contribution in [0.1, 0.15) is 19.4 Å². The molecule has 1 atom stereocenters. The fourth-order valence-corrected chi connectivity index (χ4v) is 2.04. The van der Waals surface area contributed by atoms with Crippen LogP contribution in [0.5, 0.6) is 11.5 Å². The van der Waals surface area contributed by atoms with Crippen LogP contribution in [-0.4, -0.2) is 38.8 Å². The number of hydrogen-bond acceptors (Lipinski definition) is 4. The Labute approximate surface area is 125 Å². The molecule has 0 aliphatic carbocycles. The fraction of sp³-hybridized carbons (Fsp3) is 0.438. The summed E-state index contributed by atoms with van der Waals surface area (Å²) in [5.41, 5.74) is 1.50. The predicted octanol–water partition coefficient (Wildman–Crippen LogP) is 1.59. The fourth-order valence-electron chi connectivity index (χ4n) is 2.04. The van der Waals surface area contributed by atoms with Gasteiger partial charge in [0.1, 0.15) is 6.61 Å². The first kappa shape index (κ1) is 15.4. The number of rotatable bonds is 6. The summed E-state index contributed by atoms with van der Waals surface area (Å²) >= 11 is 0. The molecule has 0 fully saturated rings. The first-order chi connectivity index (χ1) is 10.2. The van der Waals surface area contributed by atoms with Crippen LogP contribution in [0.4, 0.5) is 0 Å². The summed E-state index contributed by atoms with van der Waals surface area (Å²) in [4.78, 5) is 12.1. The molecule has 2 rings (SSSR count). The van der Waals surface area contributed by atoms with Gasteiger partial charge in [-0.2, -0.15) is 0 Å². The maximum Gasteiger partial charge on any atom is 0.250 e. The van der Waals surface area contributed by atoms with Crippen molar-refractivity contribution in [2.45, 2.75) is 19.9 Å². The second-order valence-electron chi connectivity index (χ2n) is 4.97. The van der Waals surface area contributed by atoms with Gasteiger partial charge in [0.2, 0.25) is 0 Å². The maximum absolute atomic E-state index is 12.1. The molecule has 5 nitrogen and oxygen atoms in total. The molecule has 0 saturated heterocycles. The van der Waals surface area contributed by atoms with Gasteiger partial charge in [-0.3, -0.25) is 4.79 Å². The van der Waals surface area contributed by atoms with Crippen molar-refractivity contribution in [1.29, 1.82) is 0 Å². The minimum atomic E-state index is -0.0930. The van der Waals surface area contributed by atoms with Crippen LogP contribution < -0.4 is 20.1 Å². The standard InChI is InChI=1S/C16H22N2O3/c1-4-20-14-7-5-6-12-8-13(10-21-15(12)14)16(19)18-9-11(2)17-3/h5-8,11,17H,4,9-10H2,1-3H3,(H,18,19). The first-order valence-electron chi connectivity index (χ1n) is 7.20. The maximum atomic E-state index is 12.1. The Hall–Kier alpha value is -2.01. The Bertz CT molecular complexity index is 540. The third-order valence-electron chi connectivity index (χ3n) is 3.36. The molecule has 1 heterocycles. The molecule has 1 aliphatic heterocycles. The van der Waals surface area contributed by atoms with Gasteiger partial charge in [0.25, 0.3) is 5.91 Å². The van der Waals surface area contributed by atoms with E-state index in [0.717, 1.165) is 11.3 Å².